The number of carbonyl (C=O) groups excluding carboxylic acids is 1. The van der Waals surface area contributed by atoms with Crippen LogP contribution < -0.4 is 4.90 Å². The molecule has 0 aliphatic carbocycles. The van der Waals surface area contributed by atoms with E-state index in [1.807, 2.05) is 0 Å². The SMILES string of the molecule is O=C(c1ccc(Cl)cc1F)N1CCCc2cc(S(=O)(=O)N3CCCC3)ccc21. The molecule has 0 saturated carbocycles. The van der Waals surface area contributed by atoms with Crippen LogP contribution in [-0.2, 0) is 16.4 Å². The minimum absolute atomic E-state index is 0.0500. The molecular weight excluding hydrogens is 403 g/mol. The van der Waals surface area contributed by atoms with Crippen molar-refractivity contribution in [1.82, 2.24) is 4.31 Å². The summed E-state index contributed by atoms with van der Waals surface area (Å²) in [5.74, 6) is -1.12. The molecular formula is C20H20ClFN2O3S. The lowest BCUT2D eigenvalue weighted by atomic mass is 10.0. The number of amides is 1. The molecule has 2 aliphatic heterocycles. The summed E-state index contributed by atoms with van der Waals surface area (Å²) < 4.78 is 41.3. The van der Waals surface area contributed by atoms with Gasteiger partial charge < -0.3 is 4.90 Å². The van der Waals surface area contributed by atoms with E-state index in [1.54, 1.807) is 12.1 Å². The Morgan fingerprint density at radius 2 is 1.75 bits per heavy atom. The average Bonchev–Trinajstić information content (AvgIpc) is 3.22. The Morgan fingerprint density at radius 3 is 2.46 bits per heavy atom. The van der Waals surface area contributed by atoms with Gasteiger partial charge in [-0.05, 0) is 67.6 Å². The number of anilines is 1. The third kappa shape index (κ3) is 3.43. The van der Waals surface area contributed by atoms with Crippen LogP contribution in [0.1, 0.15) is 35.2 Å². The van der Waals surface area contributed by atoms with Gasteiger partial charge in [0.2, 0.25) is 10.0 Å². The number of nitrogens with zero attached hydrogens (tertiary/aromatic N) is 2. The van der Waals surface area contributed by atoms with E-state index in [0.717, 1.165) is 24.5 Å². The molecule has 5 nitrogen and oxygen atoms in total. The fraction of sp³-hybridized carbons (Fsp3) is 0.350. The number of fused-ring (bicyclic) bond motifs is 1. The van der Waals surface area contributed by atoms with E-state index in [0.29, 0.717) is 38.2 Å². The molecule has 0 bridgehead atoms. The molecule has 2 aromatic rings. The van der Waals surface area contributed by atoms with Crippen LogP contribution in [0.3, 0.4) is 0 Å². The van der Waals surface area contributed by atoms with Gasteiger partial charge in [0.25, 0.3) is 5.91 Å². The van der Waals surface area contributed by atoms with Gasteiger partial charge in [0.1, 0.15) is 5.82 Å². The van der Waals surface area contributed by atoms with Crippen molar-refractivity contribution < 1.29 is 17.6 Å². The molecule has 0 unspecified atom stereocenters. The Bertz CT molecular complexity index is 1040. The van der Waals surface area contributed by atoms with Gasteiger partial charge in [0.05, 0.1) is 10.5 Å². The van der Waals surface area contributed by atoms with Gasteiger partial charge in [-0.2, -0.15) is 4.31 Å². The van der Waals surface area contributed by atoms with E-state index in [1.165, 1.54) is 27.4 Å². The second kappa shape index (κ2) is 7.46. The van der Waals surface area contributed by atoms with Gasteiger partial charge in [-0.15, -0.1) is 0 Å². The van der Waals surface area contributed by atoms with Gasteiger partial charge in [0.15, 0.2) is 0 Å². The second-order valence-corrected chi connectivity index (χ2v) is 9.46. The first-order valence-corrected chi connectivity index (χ1v) is 11.1. The minimum atomic E-state index is -3.52. The highest BCUT2D eigenvalue weighted by atomic mass is 35.5. The van der Waals surface area contributed by atoms with Gasteiger partial charge >= 0.3 is 0 Å². The fourth-order valence-electron chi connectivity index (χ4n) is 3.83. The first-order valence-electron chi connectivity index (χ1n) is 9.28. The van der Waals surface area contributed by atoms with Crippen LogP contribution in [0.5, 0.6) is 0 Å². The molecule has 28 heavy (non-hydrogen) atoms. The van der Waals surface area contributed by atoms with Crippen molar-refractivity contribution in [1.29, 1.82) is 0 Å². The molecule has 0 aromatic heterocycles. The highest BCUT2D eigenvalue weighted by Gasteiger charge is 2.30. The lowest BCUT2D eigenvalue weighted by Crippen LogP contribution is -2.36. The fourth-order valence-corrected chi connectivity index (χ4v) is 5.56. The number of benzene rings is 2. The highest BCUT2D eigenvalue weighted by Crippen LogP contribution is 2.32. The molecule has 2 aliphatic rings. The molecule has 2 heterocycles. The largest absolute Gasteiger partial charge is 0.308 e. The van der Waals surface area contributed by atoms with Gasteiger partial charge in [-0.25, -0.2) is 12.8 Å². The minimum Gasteiger partial charge on any atom is -0.308 e. The maximum absolute atomic E-state index is 14.2. The molecule has 0 N–H and O–H groups in total. The standard InChI is InChI=1S/C20H20ClFN2O3S/c21-15-5-7-17(18(22)13-15)20(25)24-11-3-4-14-12-16(6-8-19(14)24)28(26,27)23-9-1-2-10-23/h5-8,12-13H,1-4,9-11H2. The van der Waals surface area contributed by atoms with Crippen LogP contribution in [0.25, 0.3) is 0 Å². The van der Waals surface area contributed by atoms with Crippen molar-refractivity contribution in [2.75, 3.05) is 24.5 Å². The first kappa shape index (κ1) is 19.4. The summed E-state index contributed by atoms with van der Waals surface area (Å²) in [7, 11) is -3.52. The second-order valence-electron chi connectivity index (χ2n) is 7.09. The van der Waals surface area contributed by atoms with E-state index in [2.05, 4.69) is 0 Å². The van der Waals surface area contributed by atoms with Crippen molar-refractivity contribution in [2.45, 2.75) is 30.6 Å². The number of sulfonamides is 1. The number of aryl methyl sites for hydroxylation is 1. The molecule has 2 aromatic carbocycles. The summed E-state index contributed by atoms with van der Waals surface area (Å²) in [6.07, 6.45) is 3.10. The topological polar surface area (TPSA) is 57.7 Å². The molecule has 4 rings (SSSR count). The smallest absolute Gasteiger partial charge is 0.261 e. The molecule has 8 heteroatoms. The van der Waals surface area contributed by atoms with Crippen molar-refractivity contribution >= 4 is 33.2 Å². The summed E-state index contributed by atoms with van der Waals surface area (Å²) in [4.78, 5) is 14.7. The lowest BCUT2D eigenvalue weighted by molar-refractivity contribution is 0.0981. The lowest BCUT2D eigenvalue weighted by Gasteiger charge is -2.30. The normalized spacial score (nSPS) is 17.6. The predicted molar refractivity (Wildman–Crippen MR) is 106 cm³/mol. The van der Waals surface area contributed by atoms with Crippen LogP contribution in [-0.4, -0.2) is 38.3 Å². The third-order valence-electron chi connectivity index (χ3n) is 5.28. The monoisotopic (exact) mass is 422 g/mol. The maximum Gasteiger partial charge on any atom is 0.261 e. The quantitative estimate of drug-likeness (QED) is 0.754. The Balaban J connectivity index is 1.68. The van der Waals surface area contributed by atoms with Gasteiger partial charge in [-0.3, -0.25) is 4.79 Å². The third-order valence-corrected chi connectivity index (χ3v) is 7.41. The van der Waals surface area contributed by atoms with Crippen LogP contribution in [0, 0.1) is 5.82 Å². The Hall–Kier alpha value is -1.96. The first-order chi connectivity index (χ1) is 13.4. The Morgan fingerprint density at radius 1 is 1.00 bits per heavy atom. The summed E-state index contributed by atoms with van der Waals surface area (Å²) in [6.45, 7) is 1.53. The number of rotatable bonds is 3. The zero-order valence-corrected chi connectivity index (χ0v) is 16.8. The average molecular weight is 423 g/mol. The predicted octanol–water partition coefficient (Wildman–Crippen LogP) is 3.86. The van der Waals surface area contributed by atoms with E-state index in [4.69, 9.17) is 11.6 Å². The number of hydrogen-bond acceptors (Lipinski definition) is 3. The molecule has 1 saturated heterocycles. The number of halogens is 2. The van der Waals surface area contributed by atoms with E-state index < -0.39 is 21.7 Å². The number of hydrogen-bond donors (Lipinski definition) is 0. The zero-order chi connectivity index (χ0) is 19.9. The van der Waals surface area contributed by atoms with Crippen molar-refractivity contribution in [3.05, 3.63) is 58.4 Å². The van der Waals surface area contributed by atoms with Crippen molar-refractivity contribution in [3.8, 4) is 0 Å². The van der Waals surface area contributed by atoms with E-state index >= 15 is 0 Å². The molecule has 148 valence electrons. The van der Waals surface area contributed by atoms with Crippen LogP contribution in [0.15, 0.2) is 41.3 Å². The van der Waals surface area contributed by atoms with Crippen molar-refractivity contribution in [2.24, 2.45) is 0 Å². The molecule has 1 amide bonds. The summed E-state index contributed by atoms with van der Waals surface area (Å²) in [5, 5.41) is 0.227. The zero-order valence-electron chi connectivity index (χ0n) is 15.2. The number of carbonyl (C=O) groups is 1. The van der Waals surface area contributed by atoms with E-state index in [9.17, 15) is 17.6 Å². The van der Waals surface area contributed by atoms with Crippen LogP contribution in [0.4, 0.5) is 10.1 Å². The summed E-state index contributed by atoms with van der Waals surface area (Å²) in [6, 6.07) is 8.82. The highest BCUT2D eigenvalue weighted by molar-refractivity contribution is 7.89. The molecule has 1 fully saturated rings. The van der Waals surface area contributed by atoms with Crippen molar-refractivity contribution in [3.63, 3.8) is 0 Å². The van der Waals surface area contributed by atoms with Gasteiger partial charge in [-0.1, -0.05) is 11.6 Å². The van der Waals surface area contributed by atoms with Gasteiger partial charge in [0, 0.05) is 30.3 Å². The van der Waals surface area contributed by atoms with E-state index in [-0.39, 0.29) is 15.5 Å². The molecule has 0 radical (unpaired) electrons. The summed E-state index contributed by atoms with van der Waals surface area (Å²) >= 11 is 5.78. The van der Waals surface area contributed by atoms with Crippen LogP contribution in [0.2, 0.25) is 5.02 Å². The maximum atomic E-state index is 14.2. The summed E-state index contributed by atoms with van der Waals surface area (Å²) in [5.41, 5.74) is 1.37. The Kier molecular flexibility index (Phi) is 5.16. The Labute approximate surface area is 168 Å². The molecule has 0 atom stereocenters. The molecule has 0 spiro atoms. The van der Waals surface area contributed by atoms with Crippen LogP contribution >= 0.6 is 11.6 Å².